The van der Waals surface area contributed by atoms with Crippen LogP contribution in [0, 0.1) is 0 Å². The Hall–Kier alpha value is -3.06. The summed E-state index contributed by atoms with van der Waals surface area (Å²) in [7, 11) is 3.04. The lowest BCUT2D eigenvalue weighted by atomic mass is 9.99. The molecule has 1 N–H and O–H groups in total. The Labute approximate surface area is 150 Å². The van der Waals surface area contributed by atoms with Crippen LogP contribution in [0.1, 0.15) is 17.4 Å². The molecule has 1 atom stereocenters. The molecule has 7 heteroatoms. The van der Waals surface area contributed by atoms with Crippen molar-refractivity contribution in [2.75, 3.05) is 27.4 Å². The summed E-state index contributed by atoms with van der Waals surface area (Å²) in [4.78, 5) is 26.4. The topological polar surface area (TPSA) is 89.2 Å². The van der Waals surface area contributed by atoms with E-state index in [4.69, 9.17) is 13.9 Å². The number of Topliss-reactive ketones (excluding diaryl/α,β-unsaturated/α-hetero) is 1. The second-order valence-corrected chi connectivity index (χ2v) is 5.73. The molecule has 26 heavy (non-hydrogen) atoms. The average molecular weight is 357 g/mol. The van der Waals surface area contributed by atoms with Crippen LogP contribution in [-0.4, -0.2) is 49.1 Å². The fourth-order valence-corrected chi connectivity index (χ4v) is 2.95. The number of amides is 1. The minimum Gasteiger partial charge on any atom is -0.507 e. The van der Waals surface area contributed by atoms with Crippen molar-refractivity contribution in [2.24, 2.45) is 0 Å². The number of hydrogen-bond acceptors (Lipinski definition) is 6. The monoisotopic (exact) mass is 357 g/mol. The molecule has 0 radical (unpaired) electrons. The highest BCUT2D eigenvalue weighted by Gasteiger charge is 2.47. The summed E-state index contributed by atoms with van der Waals surface area (Å²) in [6, 6.07) is 9.10. The molecule has 1 aromatic carbocycles. The van der Waals surface area contributed by atoms with Crippen molar-refractivity contribution in [1.29, 1.82) is 0 Å². The van der Waals surface area contributed by atoms with Crippen LogP contribution in [0.5, 0.6) is 5.75 Å². The van der Waals surface area contributed by atoms with Crippen molar-refractivity contribution in [3.63, 3.8) is 0 Å². The van der Waals surface area contributed by atoms with Crippen LogP contribution in [0.4, 0.5) is 0 Å². The number of carbonyl (C=O) groups is 2. The Morgan fingerprint density at radius 2 is 1.92 bits per heavy atom. The molecule has 1 amide bonds. The normalized spacial score (nSPS) is 19.2. The molecule has 7 nitrogen and oxygen atoms in total. The van der Waals surface area contributed by atoms with E-state index in [2.05, 4.69) is 0 Å². The van der Waals surface area contributed by atoms with Crippen molar-refractivity contribution < 1.29 is 28.6 Å². The first-order chi connectivity index (χ1) is 12.6. The van der Waals surface area contributed by atoms with Gasteiger partial charge in [0.05, 0.1) is 25.6 Å². The van der Waals surface area contributed by atoms with E-state index < -0.39 is 17.7 Å². The van der Waals surface area contributed by atoms with E-state index in [-0.39, 0.29) is 24.5 Å². The van der Waals surface area contributed by atoms with E-state index in [1.165, 1.54) is 25.4 Å². The van der Waals surface area contributed by atoms with Crippen molar-refractivity contribution in [3.05, 3.63) is 59.6 Å². The van der Waals surface area contributed by atoms with Gasteiger partial charge in [-0.05, 0) is 36.4 Å². The molecule has 1 fully saturated rings. The molecule has 0 bridgehead atoms. The molecule has 1 saturated heterocycles. The smallest absolute Gasteiger partial charge is 0.295 e. The molecule has 1 aliphatic rings. The summed E-state index contributed by atoms with van der Waals surface area (Å²) in [5, 5.41) is 10.8. The number of benzene rings is 1. The van der Waals surface area contributed by atoms with Crippen molar-refractivity contribution in [1.82, 2.24) is 4.90 Å². The summed E-state index contributed by atoms with van der Waals surface area (Å²) < 4.78 is 15.6. The minimum absolute atomic E-state index is 0.00813. The van der Waals surface area contributed by atoms with Gasteiger partial charge < -0.3 is 23.9 Å². The van der Waals surface area contributed by atoms with Crippen LogP contribution in [0.2, 0.25) is 0 Å². The van der Waals surface area contributed by atoms with Gasteiger partial charge in [-0.2, -0.15) is 0 Å². The number of carbonyl (C=O) groups excluding carboxylic acids is 2. The highest BCUT2D eigenvalue weighted by Crippen LogP contribution is 2.39. The molecule has 0 spiro atoms. The maximum Gasteiger partial charge on any atom is 0.295 e. The molecule has 3 rings (SSSR count). The molecule has 2 aromatic rings. The Morgan fingerprint density at radius 3 is 2.50 bits per heavy atom. The third-order valence-electron chi connectivity index (χ3n) is 4.25. The van der Waals surface area contributed by atoms with Crippen LogP contribution < -0.4 is 4.74 Å². The lowest BCUT2D eigenvalue weighted by Gasteiger charge is -2.22. The minimum atomic E-state index is -0.803. The van der Waals surface area contributed by atoms with Gasteiger partial charge in [0.2, 0.25) is 0 Å². The molecule has 1 aliphatic heterocycles. The van der Waals surface area contributed by atoms with Gasteiger partial charge >= 0.3 is 0 Å². The Morgan fingerprint density at radius 1 is 1.19 bits per heavy atom. The number of hydrogen-bond donors (Lipinski definition) is 1. The second kappa shape index (κ2) is 7.45. The summed E-state index contributed by atoms with van der Waals surface area (Å²) >= 11 is 0. The van der Waals surface area contributed by atoms with Crippen molar-refractivity contribution in [2.45, 2.75) is 6.04 Å². The molecular formula is C19H19NO6. The third-order valence-corrected chi connectivity index (χ3v) is 4.25. The standard InChI is InChI=1S/C19H19NO6/c1-24-11-9-20-16(14-4-3-10-26-14)15(18(22)19(20)23)17(21)12-5-7-13(25-2)8-6-12/h3-8,10,16,21H,9,11H2,1-2H3/t16-/m1/s1. The molecule has 0 saturated carbocycles. The van der Waals surface area contributed by atoms with E-state index in [9.17, 15) is 14.7 Å². The fraction of sp³-hybridized carbons (Fsp3) is 0.263. The van der Waals surface area contributed by atoms with Crippen LogP contribution in [0.15, 0.2) is 52.7 Å². The highest BCUT2D eigenvalue weighted by atomic mass is 16.5. The molecular weight excluding hydrogens is 338 g/mol. The van der Waals surface area contributed by atoms with E-state index in [1.54, 1.807) is 36.4 Å². The molecule has 1 aromatic heterocycles. The maximum atomic E-state index is 12.6. The van der Waals surface area contributed by atoms with Gasteiger partial charge in [0.15, 0.2) is 0 Å². The van der Waals surface area contributed by atoms with E-state index >= 15 is 0 Å². The van der Waals surface area contributed by atoms with Gasteiger partial charge in [-0.15, -0.1) is 0 Å². The lowest BCUT2D eigenvalue weighted by Crippen LogP contribution is -2.32. The van der Waals surface area contributed by atoms with Crippen molar-refractivity contribution >= 4 is 17.4 Å². The number of aliphatic hydroxyl groups excluding tert-OH is 1. The first-order valence-corrected chi connectivity index (χ1v) is 8.03. The number of aliphatic hydroxyl groups is 1. The number of ketones is 1. The largest absolute Gasteiger partial charge is 0.507 e. The zero-order chi connectivity index (χ0) is 18.7. The summed E-state index contributed by atoms with van der Waals surface area (Å²) in [6.45, 7) is 0.457. The predicted molar refractivity (Wildman–Crippen MR) is 92.6 cm³/mol. The van der Waals surface area contributed by atoms with Gasteiger partial charge in [0.1, 0.15) is 23.3 Å². The van der Waals surface area contributed by atoms with Crippen LogP contribution in [-0.2, 0) is 14.3 Å². The highest BCUT2D eigenvalue weighted by molar-refractivity contribution is 6.46. The summed E-state index contributed by atoms with van der Waals surface area (Å²) in [5.41, 5.74) is 0.401. The Kier molecular flexibility index (Phi) is 5.09. The number of nitrogens with zero attached hydrogens (tertiary/aromatic N) is 1. The zero-order valence-electron chi connectivity index (χ0n) is 14.5. The summed E-state index contributed by atoms with van der Waals surface area (Å²) in [6.07, 6.45) is 1.46. The molecule has 136 valence electrons. The number of methoxy groups -OCH3 is 2. The fourth-order valence-electron chi connectivity index (χ4n) is 2.95. The number of likely N-dealkylation sites (tertiary alicyclic amines) is 1. The van der Waals surface area contributed by atoms with Gasteiger partial charge in [-0.25, -0.2) is 0 Å². The van der Waals surface area contributed by atoms with Gasteiger partial charge in [-0.1, -0.05) is 0 Å². The third kappa shape index (κ3) is 3.09. The van der Waals surface area contributed by atoms with Gasteiger partial charge in [-0.3, -0.25) is 9.59 Å². The van der Waals surface area contributed by atoms with E-state index in [0.29, 0.717) is 17.1 Å². The molecule has 0 aliphatic carbocycles. The quantitative estimate of drug-likeness (QED) is 0.485. The van der Waals surface area contributed by atoms with Gasteiger partial charge in [0.25, 0.3) is 11.7 Å². The SMILES string of the molecule is COCCN1C(=O)C(=O)C(=C(O)c2ccc(OC)cc2)[C@H]1c1ccco1. The first kappa shape index (κ1) is 17.8. The second-order valence-electron chi connectivity index (χ2n) is 5.73. The Balaban J connectivity index is 2.09. The molecule has 0 unspecified atom stereocenters. The number of ether oxygens (including phenoxy) is 2. The van der Waals surface area contributed by atoms with E-state index in [0.717, 1.165) is 0 Å². The van der Waals surface area contributed by atoms with E-state index in [1.807, 2.05) is 0 Å². The summed E-state index contributed by atoms with van der Waals surface area (Å²) in [5.74, 6) is -0.693. The number of rotatable bonds is 6. The zero-order valence-corrected chi connectivity index (χ0v) is 14.5. The van der Waals surface area contributed by atoms with Crippen LogP contribution >= 0.6 is 0 Å². The average Bonchev–Trinajstić information content (AvgIpc) is 3.27. The first-order valence-electron chi connectivity index (χ1n) is 8.03. The predicted octanol–water partition coefficient (Wildman–Crippen LogP) is 2.36. The van der Waals surface area contributed by atoms with Crippen LogP contribution in [0.3, 0.4) is 0 Å². The Bertz CT molecular complexity index is 822. The maximum absolute atomic E-state index is 12.6. The number of furan rings is 1. The van der Waals surface area contributed by atoms with Crippen molar-refractivity contribution in [3.8, 4) is 5.75 Å². The van der Waals surface area contributed by atoms with Gasteiger partial charge in [0, 0.05) is 19.2 Å². The van der Waals surface area contributed by atoms with Crippen LogP contribution in [0.25, 0.3) is 5.76 Å². The molecule has 2 heterocycles. The lowest BCUT2D eigenvalue weighted by molar-refractivity contribution is -0.140.